The average molecular weight is 230 g/mol. The third kappa shape index (κ3) is 1.66. The molecule has 0 bridgehead atoms. The summed E-state index contributed by atoms with van der Waals surface area (Å²) in [6.45, 7) is 0. The van der Waals surface area contributed by atoms with Gasteiger partial charge in [0.25, 0.3) is 0 Å². The molecule has 1 heterocycles. The Hall–Kier alpha value is -1.95. The van der Waals surface area contributed by atoms with E-state index in [4.69, 9.17) is 5.73 Å². The van der Waals surface area contributed by atoms with Gasteiger partial charge in [-0.15, -0.1) is 0 Å². The first kappa shape index (κ1) is 10.2. The second-order valence-corrected chi connectivity index (χ2v) is 4.31. The summed E-state index contributed by atoms with van der Waals surface area (Å²) < 4.78 is 1.60. The van der Waals surface area contributed by atoms with E-state index in [1.807, 2.05) is 12.1 Å². The van der Waals surface area contributed by atoms with Gasteiger partial charge in [-0.2, -0.15) is 0 Å². The molecule has 0 radical (unpaired) electrons. The maximum absolute atomic E-state index is 6.16. The van der Waals surface area contributed by atoms with Crippen LogP contribution in [-0.4, -0.2) is 26.2 Å². The Morgan fingerprint density at radius 3 is 3.00 bits per heavy atom. The van der Waals surface area contributed by atoms with Crippen LogP contribution in [0.15, 0.2) is 24.3 Å². The Bertz CT molecular complexity index is 534. The van der Waals surface area contributed by atoms with Crippen LogP contribution < -0.4 is 11.1 Å². The van der Waals surface area contributed by atoms with Gasteiger partial charge in [0.1, 0.15) is 0 Å². The van der Waals surface area contributed by atoms with Crippen molar-refractivity contribution in [1.82, 2.24) is 20.2 Å². The molecule has 6 heteroatoms. The number of anilines is 1. The van der Waals surface area contributed by atoms with Crippen molar-refractivity contribution in [2.24, 2.45) is 12.8 Å². The third-order valence-electron chi connectivity index (χ3n) is 3.18. The second-order valence-electron chi connectivity index (χ2n) is 4.31. The third-order valence-corrected chi connectivity index (χ3v) is 3.18. The van der Waals surface area contributed by atoms with E-state index in [9.17, 15) is 0 Å². The summed E-state index contributed by atoms with van der Waals surface area (Å²) in [6, 6.07) is 8.42. The molecule has 1 aromatic carbocycles. The molecule has 0 amide bonds. The van der Waals surface area contributed by atoms with Crippen molar-refractivity contribution < 1.29 is 0 Å². The predicted octanol–water partition coefficient (Wildman–Crippen LogP) is 0.247. The summed E-state index contributed by atoms with van der Waals surface area (Å²) in [4.78, 5) is 0. The molecule has 1 aliphatic rings. The molecule has 1 aromatic heterocycles. The maximum atomic E-state index is 6.16. The number of nitrogens with one attached hydrogen (secondary N) is 1. The Balaban J connectivity index is 1.91. The van der Waals surface area contributed by atoms with Crippen molar-refractivity contribution in [3.63, 3.8) is 0 Å². The van der Waals surface area contributed by atoms with Crippen LogP contribution in [0.2, 0.25) is 0 Å². The molecule has 3 rings (SSSR count). The molecule has 0 aliphatic heterocycles. The number of fused-ring (bicyclic) bond motifs is 1. The van der Waals surface area contributed by atoms with Gasteiger partial charge >= 0.3 is 0 Å². The maximum Gasteiger partial charge on any atom is 0.243 e. The molecule has 2 aromatic rings. The minimum absolute atomic E-state index is 0.0594. The first-order valence-corrected chi connectivity index (χ1v) is 5.58. The van der Waals surface area contributed by atoms with Crippen molar-refractivity contribution >= 4 is 5.95 Å². The molecule has 2 unspecified atom stereocenters. The summed E-state index contributed by atoms with van der Waals surface area (Å²) in [5.74, 6) is 0.641. The van der Waals surface area contributed by atoms with Crippen LogP contribution in [-0.2, 0) is 13.5 Å². The van der Waals surface area contributed by atoms with E-state index in [-0.39, 0.29) is 12.1 Å². The van der Waals surface area contributed by atoms with Crippen LogP contribution in [0.4, 0.5) is 5.95 Å². The van der Waals surface area contributed by atoms with Gasteiger partial charge in [0.05, 0.1) is 6.04 Å². The Kier molecular flexibility index (Phi) is 2.29. The molecule has 2 atom stereocenters. The number of aryl methyl sites for hydroxylation is 1. The fraction of sp³-hybridized carbons (Fsp3) is 0.364. The average Bonchev–Trinajstić information content (AvgIpc) is 2.85. The van der Waals surface area contributed by atoms with Crippen molar-refractivity contribution in [2.75, 3.05) is 5.32 Å². The highest BCUT2D eigenvalue weighted by Gasteiger charge is 2.30. The van der Waals surface area contributed by atoms with Gasteiger partial charge in [0.2, 0.25) is 5.95 Å². The first-order valence-electron chi connectivity index (χ1n) is 5.58. The van der Waals surface area contributed by atoms with E-state index in [1.54, 1.807) is 11.7 Å². The minimum Gasteiger partial charge on any atom is -0.345 e. The van der Waals surface area contributed by atoms with E-state index in [0.717, 1.165) is 6.42 Å². The van der Waals surface area contributed by atoms with Crippen LogP contribution in [0.1, 0.15) is 17.2 Å². The number of nitrogens with two attached hydrogens (primary N) is 1. The van der Waals surface area contributed by atoms with Crippen molar-refractivity contribution in [1.29, 1.82) is 0 Å². The van der Waals surface area contributed by atoms with Crippen molar-refractivity contribution in [2.45, 2.75) is 18.5 Å². The van der Waals surface area contributed by atoms with Gasteiger partial charge in [-0.1, -0.05) is 29.4 Å². The van der Waals surface area contributed by atoms with E-state index in [2.05, 4.69) is 33.0 Å². The van der Waals surface area contributed by atoms with Gasteiger partial charge in [-0.05, 0) is 28.0 Å². The fourth-order valence-corrected chi connectivity index (χ4v) is 2.30. The normalized spacial score (nSPS) is 22.5. The van der Waals surface area contributed by atoms with Crippen LogP contribution in [0, 0.1) is 0 Å². The molecule has 6 nitrogen and oxygen atoms in total. The minimum atomic E-state index is 0.0594. The molecular formula is C11H14N6. The summed E-state index contributed by atoms with van der Waals surface area (Å²) >= 11 is 0. The zero-order valence-corrected chi connectivity index (χ0v) is 9.54. The molecular weight excluding hydrogens is 216 g/mol. The Morgan fingerprint density at radius 1 is 1.41 bits per heavy atom. The molecule has 17 heavy (non-hydrogen) atoms. The summed E-state index contributed by atoms with van der Waals surface area (Å²) in [5, 5.41) is 14.6. The van der Waals surface area contributed by atoms with Crippen LogP contribution in [0.5, 0.6) is 0 Å². The SMILES string of the molecule is Cn1nnnc1NC1c2ccccc2CC1N. The molecule has 0 fully saturated rings. The van der Waals surface area contributed by atoms with Gasteiger partial charge in [-0.25, -0.2) is 4.68 Å². The number of hydrogen-bond donors (Lipinski definition) is 2. The number of tetrazole rings is 1. The molecule has 0 saturated carbocycles. The summed E-state index contributed by atoms with van der Waals surface area (Å²) in [6.07, 6.45) is 0.888. The monoisotopic (exact) mass is 230 g/mol. The highest BCUT2D eigenvalue weighted by Crippen LogP contribution is 2.32. The largest absolute Gasteiger partial charge is 0.345 e. The zero-order chi connectivity index (χ0) is 11.8. The van der Waals surface area contributed by atoms with Crippen LogP contribution in [0.25, 0.3) is 0 Å². The van der Waals surface area contributed by atoms with Crippen molar-refractivity contribution in [3.05, 3.63) is 35.4 Å². The fourth-order valence-electron chi connectivity index (χ4n) is 2.30. The first-order chi connectivity index (χ1) is 8.25. The number of nitrogens with zero attached hydrogens (tertiary/aromatic N) is 4. The quantitative estimate of drug-likeness (QED) is 0.772. The number of rotatable bonds is 2. The van der Waals surface area contributed by atoms with Gasteiger partial charge in [0, 0.05) is 13.1 Å². The molecule has 0 saturated heterocycles. The lowest BCUT2D eigenvalue weighted by molar-refractivity contribution is 0.613. The highest BCUT2D eigenvalue weighted by atomic mass is 15.6. The van der Waals surface area contributed by atoms with E-state index >= 15 is 0 Å². The van der Waals surface area contributed by atoms with E-state index in [1.165, 1.54) is 11.1 Å². The number of hydrogen-bond acceptors (Lipinski definition) is 5. The van der Waals surface area contributed by atoms with Crippen LogP contribution >= 0.6 is 0 Å². The van der Waals surface area contributed by atoms with Gasteiger partial charge in [-0.3, -0.25) is 0 Å². The Labute approximate surface area is 98.8 Å². The number of aromatic nitrogens is 4. The molecule has 0 spiro atoms. The second kappa shape index (κ2) is 3.81. The standard InChI is InChI=1S/C11H14N6/c1-17-11(14-15-16-17)13-10-8-5-3-2-4-7(8)6-9(10)12/h2-5,9-10H,6,12H2,1H3,(H,13,14,16). The number of benzene rings is 1. The van der Waals surface area contributed by atoms with Gasteiger partial charge in [0.15, 0.2) is 0 Å². The Morgan fingerprint density at radius 2 is 2.24 bits per heavy atom. The van der Waals surface area contributed by atoms with E-state index < -0.39 is 0 Å². The molecule has 1 aliphatic carbocycles. The summed E-state index contributed by atoms with van der Waals surface area (Å²) in [5.41, 5.74) is 8.69. The van der Waals surface area contributed by atoms with Crippen molar-refractivity contribution in [3.8, 4) is 0 Å². The lowest BCUT2D eigenvalue weighted by Crippen LogP contribution is -2.30. The van der Waals surface area contributed by atoms with Gasteiger partial charge < -0.3 is 11.1 Å². The molecule has 3 N–H and O–H groups in total. The van der Waals surface area contributed by atoms with Crippen LogP contribution in [0.3, 0.4) is 0 Å². The zero-order valence-electron chi connectivity index (χ0n) is 9.54. The topological polar surface area (TPSA) is 81.7 Å². The lowest BCUT2D eigenvalue weighted by Gasteiger charge is -2.18. The molecule has 88 valence electrons. The van der Waals surface area contributed by atoms with E-state index in [0.29, 0.717) is 5.95 Å². The smallest absolute Gasteiger partial charge is 0.243 e. The summed E-state index contributed by atoms with van der Waals surface area (Å²) in [7, 11) is 1.80. The lowest BCUT2D eigenvalue weighted by atomic mass is 10.1. The highest BCUT2D eigenvalue weighted by molar-refractivity contribution is 5.42. The predicted molar refractivity (Wildman–Crippen MR) is 63.3 cm³/mol.